The number of ether oxygens (including phenoxy) is 1. The first-order valence-electron chi connectivity index (χ1n) is 7.37. The second kappa shape index (κ2) is 7.52. The first-order chi connectivity index (χ1) is 10.1. The summed E-state index contributed by atoms with van der Waals surface area (Å²) in [5.41, 5.74) is 1.12. The zero-order valence-corrected chi connectivity index (χ0v) is 13.9. The summed E-state index contributed by atoms with van der Waals surface area (Å²) < 4.78 is 5.75. The minimum Gasteiger partial charge on any atom is -0.489 e. The maximum Gasteiger partial charge on any atom is 0.138 e. The number of aromatic nitrogens is 2. The Morgan fingerprint density at radius 2 is 2.10 bits per heavy atom. The Morgan fingerprint density at radius 1 is 1.29 bits per heavy atom. The summed E-state index contributed by atoms with van der Waals surface area (Å²) in [6.07, 6.45) is 6.84. The average molecular weight is 305 g/mol. The van der Waals surface area contributed by atoms with E-state index in [1.807, 2.05) is 33.2 Å². The van der Waals surface area contributed by atoms with Gasteiger partial charge in [-0.3, -0.25) is 4.98 Å². The van der Waals surface area contributed by atoms with Crippen molar-refractivity contribution in [3.8, 4) is 5.75 Å². The number of pyridine rings is 1. The Labute approximate surface area is 130 Å². The van der Waals surface area contributed by atoms with Gasteiger partial charge in [-0.05, 0) is 45.4 Å². The Morgan fingerprint density at radius 3 is 2.71 bits per heavy atom. The van der Waals surface area contributed by atoms with Crippen molar-refractivity contribution in [1.82, 2.24) is 15.3 Å². The van der Waals surface area contributed by atoms with Gasteiger partial charge in [-0.15, -0.1) is 11.3 Å². The van der Waals surface area contributed by atoms with E-state index in [2.05, 4.69) is 28.3 Å². The normalized spacial score (nSPS) is 12.6. The van der Waals surface area contributed by atoms with Crippen LogP contribution in [0.2, 0.25) is 0 Å². The number of nitrogens with zero attached hydrogens (tertiary/aromatic N) is 2. The third-order valence-corrected chi connectivity index (χ3v) is 3.94. The van der Waals surface area contributed by atoms with E-state index in [1.165, 1.54) is 4.88 Å². The molecule has 0 spiro atoms. The summed E-state index contributed by atoms with van der Waals surface area (Å²) in [7, 11) is 0. The van der Waals surface area contributed by atoms with Gasteiger partial charge in [-0.2, -0.15) is 0 Å². The summed E-state index contributed by atoms with van der Waals surface area (Å²) in [5.74, 6) is 0.812. The molecular weight excluding hydrogens is 282 g/mol. The molecule has 0 amide bonds. The molecule has 1 atom stereocenters. The molecule has 0 aliphatic carbocycles. The van der Waals surface area contributed by atoms with Crippen molar-refractivity contribution in [2.45, 2.75) is 46.3 Å². The van der Waals surface area contributed by atoms with Gasteiger partial charge in [0.15, 0.2) is 0 Å². The number of rotatable bonds is 7. The van der Waals surface area contributed by atoms with Crippen LogP contribution >= 0.6 is 11.3 Å². The molecule has 2 heterocycles. The second-order valence-electron chi connectivity index (χ2n) is 5.29. The molecule has 0 saturated heterocycles. The van der Waals surface area contributed by atoms with E-state index in [0.717, 1.165) is 29.3 Å². The van der Waals surface area contributed by atoms with Gasteiger partial charge in [-0.1, -0.05) is 6.92 Å². The number of aryl methyl sites for hydroxylation is 1. The van der Waals surface area contributed by atoms with Gasteiger partial charge in [0.1, 0.15) is 5.75 Å². The fourth-order valence-corrected chi connectivity index (χ4v) is 3.00. The SMILES string of the molecule is CCCNC(c1cncc(OC(C)C)c1)c1cnc(C)s1. The van der Waals surface area contributed by atoms with Gasteiger partial charge >= 0.3 is 0 Å². The summed E-state index contributed by atoms with van der Waals surface area (Å²) in [6.45, 7) is 9.19. The van der Waals surface area contributed by atoms with Crippen LogP contribution in [0.25, 0.3) is 0 Å². The molecule has 0 bridgehead atoms. The van der Waals surface area contributed by atoms with E-state index in [9.17, 15) is 0 Å². The summed E-state index contributed by atoms with van der Waals surface area (Å²) in [6, 6.07) is 2.19. The molecule has 0 saturated carbocycles. The van der Waals surface area contributed by atoms with Crippen molar-refractivity contribution in [1.29, 1.82) is 0 Å². The predicted molar refractivity (Wildman–Crippen MR) is 87.0 cm³/mol. The lowest BCUT2D eigenvalue weighted by Crippen LogP contribution is -2.22. The van der Waals surface area contributed by atoms with Gasteiger partial charge in [0.25, 0.3) is 0 Å². The van der Waals surface area contributed by atoms with Gasteiger partial charge in [0, 0.05) is 17.3 Å². The van der Waals surface area contributed by atoms with Crippen LogP contribution in [-0.4, -0.2) is 22.6 Å². The Balaban J connectivity index is 2.27. The third kappa shape index (κ3) is 4.51. The maximum atomic E-state index is 5.75. The minimum absolute atomic E-state index is 0.124. The number of hydrogen-bond donors (Lipinski definition) is 1. The first kappa shape index (κ1) is 15.9. The van der Waals surface area contributed by atoms with Gasteiger partial charge in [-0.25, -0.2) is 4.98 Å². The van der Waals surface area contributed by atoms with Crippen molar-refractivity contribution in [3.05, 3.63) is 40.1 Å². The Hall–Kier alpha value is -1.46. The molecular formula is C16H23N3OS. The lowest BCUT2D eigenvalue weighted by atomic mass is 10.1. The van der Waals surface area contributed by atoms with Crippen LogP contribution in [0, 0.1) is 6.92 Å². The topological polar surface area (TPSA) is 47.0 Å². The van der Waals surface area contributed by atoms with Crippen molar-refractivity contribution in [2.24, 2.45) is 0 Å². The van der Waals surface area contributed by atoms with E-state index in [4.69, 9.17) is 4.74 Å². The van der Waals surface area contributed by atoms with Crippen LogP contribution in [-0.2, 0) is 0 Å². The molecule has 0 aromatic carbocycles. The quantitative estimate of drug-likeness (QED) is 0.847. The standard InChI is InChI=1S/C16H23N3OS/c1-5-6-18-16(15-10-19-12(4)21-15)13-7-14(9-17-8-13)20-11(2)3/h7-11,16,18H,5-6H2,1-4H3. The van der Waals surface area contributed by atoms with Gasteiger partial charge < -0.3 is 10.1 Å². The molecule has 2 aromatic rings. The highest BCUT2D eigenvalue weighted by Crippen LogP contribution is 2.28. The largest absolute Gasteiger partial charge is 0.489 e. The van der Waals surface area contributed by atoms with Gasteiger partial charge in [0.05, 0.1) is 23.4 Å². The Bertz CT molecular complexity index is 568. The number of hydrogen-bond acceptors (Lipinski definition) is 5. The summed E-state index contributed by atoms with van der Waals surface area (Å²) in [4.78, 5) is 9.90. The molecule has 0 fully saturated rings. The van der Waals surface area contributed by atoms with Crippen molar-refractivity contribution < 1.29 is 4.74 Å². The maximum absolute atomic E-state index is 5.75. The molecule has 114 valence electrons. The highest BCUT2D eigenvalue weighted by molar-refractivity contribution is 7.11. The molecule has 0 aliphatic heterocycles. The molecule has 5 heteroatoms. The van der Waals surface area contributed by atoms with Crippen LogP contribution in [0.1, 0.15) is 48.7 Å². The molecule has 1 unspecified atom stereocenters. The zero-order chi connectivity index (χ0) is 15.2. The lowest BCUT2D eigenvalue weighted by molar-refractivity contribution is 0.241. The monoisotopic (exact) mass is 305 g/mol. The van der Waals surface area contributed by atoms with Crippen molar-refractivity contribution >= 4 is 11.3 Å². The molecule has 2 rings (SSSR count). The highest BCUT2D eigenvalue weighted by atomic mass is 32.1. The van der Waals surface area contributed by atoms with E-state index in [1.54, 1.807) is 17.5 Å². The van der Waals surface area contributed by atoms with Crippen molar-refractivity contribution in [2.75, 3.05) is 6.54 Å². The zero-order valence-electron chi connectivity index (χ0n) is 13.1. The fraction of sp³-hybridized carbons (Fsp3) is 0.500. The van der Waals surface area contributed by atoms with E-state index in [-0.39, 0.29) is 12.1 Å². The first-order valence-corrected chi connectivity index (χ1v) is 8.19. The molecule has 2 aromatic heterocycles. The van der Waals surface area contributed by atoms with E-state index < -0.39 is 0 Å². The van der Waals surface area contributed by atoms with Gasteiger partial charge in [0.2, 0.25) is 0 Å². The van der Waals surface area contributed by atoms with Crippen LogP contribution in [0.5, 0.6) is 5.75 Å². The van der Waals surface area contributed by atoms with Crippen molar-refractivity contribution in [3.63, 3.8) is 0 Å². The fourth-order valence-electron chi connectivity index (χ4n) is 2.11. The van der Waals surface area contributed by atoms with Crippen LogP contribution in [0.4, 0.5) is 0 Å². The Kier molecular flexibility index (Phi) is 5.70. The summed E-state index contributed by atoms with van der Waals surface area (Å²) in [5, 5.41) is 4.65. The van der Waals surface area contributed by atoms with Crippen LogP contribution < -0.4 is 10.1 Å². The van der Waals surface area contributed by atoms with Crippen LogP contribution in [0.3, 0.4) is 0 Å². The van der Waals surface area contributed by atoms with E-state index >= 15 is 0 Å². The highest BCUT2D eigenvalue weighted by Gasteiger charge is 2.17. The smallest absolute Gasteiger partial charge is 0.138 e. The molecule has 1 N–H and O–H groups in total. The number of nitrogens with one attached hydrogen (secondary N) is 1. The molecule has 21 heavy (non-hydrogen) atoms. The van der Waals surface area contributed by atoms with E-state index in [0.29, 0.717) is 0 Å². The average Bonchev–Trinajstić information content (AvgIpc) is 2.85. The second-order valence-corrected chi connectivity index (χ2v) is 6.56. The predicted octanol–water partition coefficient (Wildman–Crippen LogP) is 3.72. The molecule has 0 radical (unpaired) electrons. The lowest BCUT2D eigenvalue weighted by Gasteiger charge is -2.18. The third-order valence-electron chi connectivity index (χ3n) is 2.96. The molecule has 4 nitrogen and oxygen atoms in total. The summed E-state index contributed by atoms with van der Waals surface area (Å²) >= 11 is 1.72. The number of thiazole rings is 1. The molecule has 0 aliphatic rings. The minimum atomic E-state index is 0.124. The van der Waals surface area contributed by atoms with Crippen LogP contribution in [0.15, 0.2) is 24.7 Å².